The van der Waals surface area contributed by atoms with Crippen LogP contribution < -0.4 is 4.74 Å². The van der Waals surface area contributed by atoms with Crippen molar-refractivity contribution < 1.29 is 14.1 Å². The van der Waals surface area contributed by atoms with Crippen LogP contribution in [-0.4, -0.2) is 9.91 Å². The Labute approximate surface area is 120 Å². The predicted molar refractivity (Wildman–Crippen MR) is 70.1 cm³/mol. The van der Waals surface area contributed by atoms with Gasteiger partial charge in [0.2, 0.25) is 11.6 Å². The van der Waals surface area contributed by atoms with E-state index in [-0.39, 0.29) is 21.8 Å². The van der Waals surface area contributed by atoms with E-state index in [1.54, 1.807) is 0 Å². The standard InChI is InChI=1S/C11H5BrClFN2O3/c12-7-3-9(16(17)18)10(4-8(7)14)19-11-2-1-6(13)5-15-11/h1-5H. The maximum atomic E-state index is 13.4. The SMILES string of the molecule is O=[N+]([O-])c1cc(Br)c(F)cc1Oc1ccc(Cl)cn1. The van der Waals surface area contributed by atoms with Gasteiger partial charge >= 0.3 is 5.69 Å². The number of hydrogen-bond acceptors (Lipinski definition) is 4. The van der Waals surface area contributed by atoms with Gasteiger partial charge in [-0.25, -0.2) is 9.37 Å². The van der Waals surface area contributed by atoms with Gasteiger partial charge in [0.15, 0.2) is 0 Å². The smallest absolute Gasteiger partial charge is 0.312 e. The molecule has 5 nitrogen and oxygen atoms in total. The van der Waals surface area contributed by atoms with E-state index in [0.717, 1.165) is 12.1 Å². The van der Waals surface area contributed by atoms with E-state index in [4.69, 9.17) is 16.3 Å². The number of nitro benzene ring substituents is 1. The highest BCUT2D eigenvalue weighted by Gasteiger charge is 2.19. The van der Waals surface area contributed by atoms with Crippen LogP contribution in [0.3, 0.4) is 0 Å². The van der Waals surface area contributed by atoms with Gasteiger partial charge in [-0.05, 0) is 22.0 Å². The summed E-state index contributed by atoms with van der Waals surface area (Å²) >= 11 is 8.53. The molecule has 0 spiro atoms. The maximum absolute atomic E-state index is 13.4. The topological polar surface area (TPSA) is 65.3 Å². The third-order valence-electron chi connectivity index (χ3n) is 2.11. The fourth-order valence-corrected chi connectivity index (χ4v) is 1.72. The number of hydrogen-bond donors (Lipinski definition) is 0. The lowest BCUT2D eigenvalue weighted by Crippen LogP contribution is -1.96. The number of aromatic nitrogens is 1. The molecule has 0 unspecified atom stereocenters. The van der Waals surface area contributed by atoms with Crippen molar-refractivity contribution in [3.63, 3.8) is 0 Å². The van der Waals surface area contributed by atoms with Crippen LogP contribution in [0.15, 0.2) is 34.9 Å². The summed E-state index contributed by atoms with van der Waals surface area (Å²) in [5.74, 6) is -0.829. The van der Waals surface area contributed by atoms with Crippen molar-refractivity contribution in [2.45, 2.75) is 0 Å². The van der Waals surface area contributed by atoms with Crippen molar-refractivity contribution in [2.24, 2.45) is 0 Å². The summed E-state index contributed by atoms with van der Waals surface area (Å²) < 4.78 is 18.6. The molecule has 0 fully saturated rings. The third kappa shape index (κ3) is 3.18. The summed E-state index contributed by atoms with van der Waals surface area (Å²) in [4.78, 5) is 14.0. The minimum Gasteiger partial charge on any atom is -0.432 e. The van der Waals surface area contributed by atoms with E-state index in [2.05, 4.69) is 20.9 Å². The van der Waals surface area contributed by atoms with Gasteiger partial charge in [0, 0.05) is 24.4 Å². The molecule has 0 saturated carbocycles. The van der Waals surface area contributed by atoms with Crippen molar-refractivity contribution in [1.82, 2.24) is 4.98 Å². The Morgan fingerprint density at radius 2 is 2.16 bits per heavy atom. The second-order valence-corrected chi connectivity index (χ2v) is 4.70. The molecule has 1 aromatic carbocycles. The Hall–Kier alpha value is -1.73. The minimum atomic E-state index is -0.672. The third-order valence-corrected chi connectivity index (χ3v) is 2.94. The molecule has 1 heterocycles. The number of ether oxygens (including phenoxy) is 1. The van der Waals surface area contributed by atoms with Crippen LogP contribution in [0.4, 0.5) is 10.1 Å². The molecule has 0 radical (unpaired) electrons. The van der Waals surface area contributed by atoms with E-state index in [1.165, 1.54) is 18.3 Å². The first-order chi connectivity index (χ1) is 8.97. The monoisotopic (exact) mass is 346 g/mol. The van der Waals surface area contributed by atoms with Gasteiger partial charge in [-0.2, -0.15) is 0 Å². The van der Waals surface area contributed by atoms with E-state index in [1.807, 2.05) is 0 Å². The van der Waals surface area contributed by atoms with Crippen molar-refractivity contribution in [1.29, 1.82) is 0 Å². The Bertz CT molecular complexity index is 637. The molecule has 2 aromatic rings. The molecule has 0 N–H and O–H groups in total. The predicted octanol–water partition coefficient (Wildman–Crippen LogP) is 4.34. The van der Waals surface area contributed by atoms with Crippen LogP contribution >= 0.6 is 27.5 Å². The van der Waals surface area contributed by atoms with Gasteiger partial charge in [-0.1, -0.05) is 11.6 Å². The normalized spacial score (nSPS) is 10.3. The average molecular weight is 348 g/mol. The number of nitro groups is 1. The average Bonchev–Trinajstić information content (AvgIpc) is 2.36. The number of nitrogens with zero attached hydrogens (tertiary/aromatic N) is 2. The fourth-order valence-electron chi connectivity index (χ4n) is 1.28. The summed E-state index contributed by atoms with van der Waals surface area (Å²) in [6, 6.07) is 4.87. The van der Waals surface area contributed by atoms with Crippen molar-refractivity contribution >= 4 is 33.2 Å². The molecular weight excluding hydrogens is 342 g/mol. The van der Waals surface area contributed by atoms with Gasteiger partial charge < -0.3 is 4.74 Å². The zero-order valence-corrected chi connectivity index (χ0v) is 11.5. The summed E-state index contributed by atoms with van der Waals surface area (Å²) in [6.45, 7) is 0. The highest BCUT2D eigenvalue weighted by Crippen LogP contribution is 2.35. The highest BCUT2D eigenvalue weighted by molar-refractivity contribution is 9.10. The van der Waals surface area contributed by atoms with Crippen molar-refractivity contribution in [3.05, 3.63) is 55.9 Å². The molecule has 0 bridgehead atoms. The molecule has 8 heteroatoms. The van der Waals surface area contributed by atoms with Gasteiger partial charge in [0.05, 0.1) is 14.4 Å². The molecular formula is C11H5BrClFN2O3. The summed E-state index contributed by atoms with van der Waals surface area (Å²) in [5.41, 5.74) is -0.370. The van der Waals surface area contributed by atoms with Gasteiger partial charge in [0.25, 0.3) is 0 Å². The second-order valence-electron chi connectivity index (χ2n) is 3.41. The lowest BCUT2D eigenvalue weighted by molar-refractivity contribution is -0.385. The molecule has 0 amide bonds. The quantitative estimate of drug-likeness (QED) is 0.612. The molecule has 0 aliphatic rings. The molecule has 98 valence electrons. The number of rotatable bonds is 3. The highest BCUT2D eigenvalue weighted by atomic mass is 79.9. The molecule has 0 saturated heterocycles. The van der Waals surface area contributed by atoms with Crippen LogP contribution in [0.5, 0.6) is 11.6 Å². The number of benzene rings is 1. The van der Waals surface area contributed by atoms with Crippen molar-refractivity contribution in [3.8, 4) is 11.6 Å². The van der Waals surface area contributed by atoms with Crippen LogP contribution in [0.1, 0.15) is 0 Å². The van der Waals surface area contributed by atoms with Crippen LogP contribution in [-0.2, 0) is 0 Å². The fraction of sp³-hybridized carbons (Fsp3) is 0. The number of halogens is 3. The Morgan fingerprint density at radius 3 is 2.74 bits per heavy atom. The summed E-state index contributed by atoms with van der Waals surface area (Å²) in [7, 11) is 0. The van der Waals surface area contributed by atoms with Gasteiger partial charge in [-0.15, -0.1) is 0 Å². The maximum Gasteiger partial charge on any atom is 0.312 e. The first-order valence-electron chi connectivity index (χ1n) is 4.90. The molecule has 0 atom stereocenters. The molecule has 0 aliphatic heterocycles. The molecule has 1 aromatic heterocycles. The van der Waals surface area contributed by atoms with Crippen molar-refractivity contribution in [2.75, 3.05) is 0 Å². The Kier molecular flexibility index (Phi) is 3.96. The molecule has 0 aliphatic carbocycles. The van der Waals surface area contributed by atoms with Crippen LogP contribution in [0.2, 0.25) is 5.02 Å². The summed E-state index contributed by atoms with van der Waals surface area (Å²) in [5, 5.41) is 11.3. The van der Waals surface area contributed by atoms with Gasteiger partial charge in [-0.3, -0.25) is 10.1 Å². The number of pyridine rings is 1. The lowest BCUT2D eigenvalue weighted by Gasteiger charge is -2.06. The lowest BCUT2D eigenvalue weighted by atomic mass is 10.3. The molecule has 2 rings (SSSR count). The first kappa shape index (κ1) is 13.7. The van der Waals surface area contributed by atoms with Crippen LogP contribution in [0.25, 0.3) is 0 Å². The van der Waals surface area contributed by atoms with E-state index in [9.17, 15) is 14.5 Å². The first-order valence-corrected chi connectivity index (χ1v) is 6.07. The Balaban J connectivity index is 2.41. The zero-order valence-electron chi connectivity index (χ0n) is 9.14. The second kappa shape index (κ2) is 5.50. The van der Waals surface area contributed by atoms with Crippen LogP contribution in [0, 0.1) is 15.9 Å². The largest absolute Gasteiger partial charge is 0.432 e. The van der Waals surface area contributed by atoms with E-state index < -0.39 is 10.7 Å². The Morgan fingerprint density at radius 1 is 1.42 bits per heavy atom. The summed E-state index contributed by atoms with van der Waals surface area (Å²) in [6.07, 6.45) is 1.32. The van der Waals surface area contributed by atoms with E-state index >= 15 is 0 Å². The van der Waals surface area contributed by atoms with Gasteiger partial charge in [0.1, 0.15) is 5.82 Å². The minimum absolute atomic E-state index is 0.0179. The zero-order chi connectivity index (χ0) is 14.0. The van der Waals surface area contributed by atoms with E-state index in [0.29, 0.717) is 5.02 Å². The molecule has 19 heavy (non-hydrogen) atoms.